The maximum Gasteiger partial charge on any atom is 0.127 e. The summed E-state index contributed by atoms with van der Waals surface area (Å²) in [7, 11) is 0. The lowest BCUT2D eigenvalue weighted by Crippen LogP contribution is -1.99. The van der Waals surface area contributed by atoms with Gasteiger partial charge < -0.3 is 4.79 Å². The van der Waals surface area contributed by atoms with Crippen LogP contribution in [-0.4, -0.2) is 6.29 Å². The molecule has 0 aromatic heterocycles. The number of carbonyl (C=O) groups is 1. The van der Waals surface area contributed by atoms with Crippen LogP contribution in [0.3, 0.4) is 0 Å². The third-order valence-corrected chi connectivity index (χ3v) is 2.26. The van der Waals surface area contributed by atoms with Gasteiger partial charge in [-0.15, -0.1) is 0 Å². The first-order valence-corrected chi connectivity index (χ1v) is 4.88. The van der Waals surface area contributed by atoms with Crippen LogP contribution < -0.4 is 0 Å². The summed E-state index contributed by atoms with van der Waals surface area (Å²) >= 11 is 0. The van der Waals surface area contributed by atoms with Crippen molar-refractivity contribution in [3.8, 4) is 0 Å². The van der Waals surface area contributed by atoms with Gasteiger partial charge in [0.2, 0.25) is 0 Å². The molecule has 0 fully saturated rings. The standard InChI is InChI=1S/C12H16O/c1-2-3-7-12(10-13)11-8-5-4-6-9-11/h4-6,8-10,12H,2-3,7H2,1H3/t12-/m1/s1. The molecule has 0 heterocycles. The van der Waals surface area contributed by atoms with Gasteiger partial charge in [-0.25, -0.2) is 0 Å². The van der Waals surface area contributed by atoms with Crippen LogP contribution >= 0.6 is 0 Å². The SMILES string of the molecule is CCCC[C@H](C=O)c1ccccc1. The van der Waals surface area contributed by atoms with E-state index in [0.717, 1.165) is 31.1 Å². The molecule has 0 radical (unpaired) electrons. The lowest BCUT2D eigenvalue weighted by atomic mass is 9.95. The first-order chi connectivity index (χ1) is 6.38. The van der Waals surface area contributed by atoms with Crippen molar-refractivity contribution in [2.45, 2.75) is 32.1 Å². The van der Waals surface area contributed by atoms with Gasteiger partial charge in [-0.05, 0) is 12.0 Å². The topological polar surface area (TPSA) is 17.1 Å². The van der Waals surface area contributed by atoms with E-state index in [9.17, 15) is 4.79 Å². The molecular formula is C12H16O. The van der Waals surface area contributed by atoms with E-state index in [2.05, 4.69) is 6.92 Å². The largest absolute Gasteiger partial charge is 0.303 e. The van der Waals surface area contributed by atoms with Crippen LogP contribution in [0.5, 0.6) is 0 Å². The number of hydrogen-bond donors (Lipinski definition) is 0. The fourth-order valence-corrected chi connectivity index (χ4v) is 1.44. The Bertz CT molecular complexity index is 241. The van der Waals surface area contributed by atoms with E-state index < -0.39 is 0 Å². The first-order valence-electron chi connectivity index (χ1n) is 4.88. The Balaban J connectivity index is 2.61. The molecule has 0 aliphatic rings. The Morgan fingerprint density at radius 1 is 1.31 bits per heavy atom. The van der Waals surface area contributed by atoms with E-state index in [4.69, 9.17) is 0 Å². The minimum absolute atomic E-state index is 0.0983. The zero-order chi connectivity index (χ0) is 9.52. The Labute approximate surface area is 79.8 Å². The third kappa shape index (κ3) is 3.02. The molecule has 0 amide bonds. The number of rotatable bonds is 5. The minimum atomic E-state index is 0.0983. The first kappa shape index (κ1) is 9.97. The van der Waals surface area contributed by atoms with E-state index in [0.29, 0.717) is 0 Å². The molecule has 0 saturated heterocycles. The number of carbonyl (C=O) groups excluding carboxylic acids is 1. The van der Waals surface area contributed by atoms with Crippen LogP contribution in [0.15, 0.2) is 30.3 Å². The van der Waals surface area contributed by atoms with Gasteiger partial charge in [-0.2, -0.15) is 0 Å². The van der Waals surface area contributed by atoms with Crippen LogP contribution in [0.2, 0.25) is 0 Å². The van der Waals surface area contributed by atoms with Crippen LogP contribution in [0.25, 0.3) is 0 Å². The molecule has 1 aromatic rings. The normalized spacial score (nSPS) is 12.4. The van der Waals surface area contributed by atoms with Gasteiger partial charge in [0.15, 0.2) is 0 Å². The third-order valence-electron chi connectivity index (χ3n) is 2.26. The summed E-state index contributed by atoms with van der Waals surface area (Å²) in [6.45, 7) is 2.15. The molecule has 1 rings (SSSR count). The number of unbranched alkanes of at least 4 members (excludes halogenated alkanes) is 1. The Morgan fingerprint density at radius 2 is 2.00 bits per heavy atom. The van der Waals surface area contributed by atoms with Crippen molar-refractivity contribution < 1.29 is 4.79 Å². The zero-order valence-corrected chi connectivity index (χ0v) is 8.07. The molecule has 1 heteroatoms. The summed E-state index contributed by atoms with van der Waals surface area (Å²) in [4.78, 5) is 10.8. The van der Waals surface area contributed by atoms with Crippen molar-refractivity contribution in [2.75, 3.05) is 0 Å². The van der Waals surface area contributed by atoms with Gasteiger partial charge in [0.25, 0.3) is 0 Å². The Morgan fingerprint density at radius 3 is 2.54 bits per heavy atom. The molecule has 0 aliphatic heterocycles. The molecular weight excluding hydrogens is 160 g/mol. The average molecular weight is 176 g/mol. The molecule has 0 spiro atoms. The molecule has 0 N–H and O–H groups in total. The van der Waals surface area contributed by atoms with E-state index in [-0.39, 0.29) is 5.92 Å². The quantitative estimate of drug-likeness (QED) is 0.630. The van der Waals surface area contributed by atoms with Gasteiger partial charge in [0.05, 0.1) is 0 Å². The second kappa shape index (κ2) is 5.52. The van der Waals surface area contributed by atoms with E-state index >= 15 is 0 Å². The van der Waals surface area contributed by atoms with E-state index in [1.165, 1.54) is 0 Å². The Hall–Kier alpha value is -1.11. The van der Waals surface area contributed by atoms with Crippen molar-refractivity contribution in [3.63, 3.8) is 0 Å². The van der Waals surface area contributed by atoms with Crippen molar-refractivity contribution in [2.24, 2.45) is 0 Å². The molecule has 1 nitrogen and oxygen atoms in total. The van der Waals surface area contributed by atoms with Crippen LogP contribution in [0, 0.1) is 0 Å². The summed E-state index contributed by atoms with van der Waals surface area (Å²) < 4.78 is 0. The average Bonchev–Trinajstić information content (AvgIpc) is 2.21. The van der Waals surface area contributed by atoms with Crippen LogP contribution in [0.1, 0.15) is 37.7 Å². The Kier molecular flexibility index (Phi) is 4.24. The van der Waals surface area contributed by atoms with Crippen molar-refractivity contribution in [1.82, 2.24) is 0 Å². The van der Waals surface area contributed by atoms with Gasteiger partial charge in [0.1, 0.15) is 6.29 Å². The highest BCUT2D eigenvalue weighted by atomic mass is 16.1. The van der Waals surface area contributed by atoms with Gasteiger partial charge in [-0.1, -0.05) is 50.1 Å². The number of benzene rings is 1. The summed E-state index contributed by atoms with van der Waals surface area (Å²) in [5.41, 5.74) is 1.14. The molecule has 70 valence electrons. The second-order valence-electron chi connectivity index (χ2n) is 3.30. The van der Waals surface area contributed by atoms with Crippen molar-refractivity contribution >= 4 is 6.29 Å². The highest BCUT2D eigenvalue weighted by Crippen LogP contribution is 2.19. The second-order valence-corrected chi connectivity index (χ2v) is 3.30. The maximum absolute atomic E-state index is 10.8. The predicted octanol–water partition coefficient (Wildman–Crippen LogP) is 3.16. The highest BCUT2D eigenvalue weighted by molar-refractivity contribution is 5.61. The molecule has 1 atom stereocenters. The fourth-order valence-electron chi connectivity index (χ4n) is 1.44. The molecule has 0 aliphatic carbocycles. The predicted molar refractivity (Wildman–Crippen MR) is 54.8 cm³/mol. The summed E-state index contributed by atoms with van der Waals surface area (Å²) in [6, 6.07) is 9.99. The smallest absolute Gasteiger partial charge is 0.127 e. The highest BCUT2D eigenvalue weighted by Gasteiger charge is 2.07. The number of aldehydes is 1. The maximum atomic E-state index is 10.8. The lowest BCUT2D eigenvalue weighted by molar-refractivity contribution is -0.109. The summed E-state index contributed by atoms with van der Waals surface area (Å²) in [6.07, 6.45) is 4.31. The van der Waals surface area contributed by atoms with Crippen LogP contribution in [-0.2, 0) is 4.79 Å². The molecule has 0 unspecified atom stereocenters. The monoisotopic (exact) mass is 176 g/mol. The molecule has 13 heavy (non-hydrogen) atoms. The molecule has 0 saturated carbocycles. The van der Waals surface area contributed by atoms with Gasteiger partial charge >= 0.3 is 0 Å². The van der Waals surface area contributed by atoms with E-state index in [1.807, 2.05) is 30.3 Å². The molecule has 1 aromatic carbocycles. The summed E-state index contributed by atoms with van der Waals surface area (Å²) in [5.74, 6) is 0.0983. The number of hydrogen-bond acceptors (Lipinski definition) is 1. The lowest BCUT2D eigenvalue weighted by Gasteiger charge is -2.08. The zero-order valence-electron chi connectivity index (χ0n) is 8.07. The minimum Gasteiger partial charge on any atom is -0.303 e. The van der Waals surface area contributed by atoms with Gasteiger partial charge in [0, 0.05) is 5.92 Å². The van der Waals surface area contributed by atoms with E-state index in [1.54, 1.807) is 0 Å². The van der Waals surface area contributed by atoms with Crippen molar-refractivity contribution in [1.29, 1.82) is 0 Å². The van der Waals surface area contributed by atoms with Crippen molar-refractivity contribution in [3.05, 3.63) is 35.9 Å². The van der Waals surface area contributed by atoms with Gasteiger partial charge in [-0.3, -0.25) is 0 Å². The van der Waals surface area contributed by atoms with Crippen LogP contribution in [0.4, 0.5) is 0 Å². The fraction of sp³-hybridized carbons (Fsp3) is 0.417. The summed E-state index contributed by atoms with van der Waals surface area (Å²) in [5, 5.41) is 0. The molecule has 0 bridgehead atoms.